The highest BCUT2D eigenvalue weighted by Gasteiger charge is 2.39. The summed E-state index contributed by atoms with van der Waals surface area (Å²) in [7, 11) is 4.12. The molecule has 19 heavy (non-hydrogen) atoms. The highest BCUT2D eigenvalue weighted by molar-refractivity contribution is 6.33. The van der Waals surface area contributed by atoms with Gasteiger partial charge in [0.2, 0.25) is 0 Å². The van der Waals surface area contributed by atoms with Crippen LogP contribution in [0.5, 0.6) is 0 Å². The van der Waals surface area contributed by atoms with Gasteiger partial charge in [-0.2, -0.15) is 0 Å². The summed E-state index contributed by atoms with van der Waals surface area (Å²) in [4.78, 5) is 14.3. The molecule has 1 aromatic carbocycles. The van der Waals surface area contributed by atoms with Crippen LogP contribution >= 0.6 is 11.6 Å². The van der Waals surface area contributed by atoms with Gasteiger partial charge in [0.1, 0.15) is 0 Å². The van der Waals surface area contributed by atoms with Gasteiger partial charge in [0.15, 0.2) is 0 Å². The van der Waals surface area contributed by atoms with Crippen LogP contribution in [0.4, 0.5) is 5.69 Å². The number of rotatable bonds is 4. The molecule has 1 aromatic rings. The summed E-state index contributed by atoms with van der Waals surface area (Å²) in [5, 5.41) is 3.41. The second-order valence-corrected chi connectivity index (χ2v) is 5.80. The van der Waals surface area contributed by atoms with Gasteiger partial charge in [-0.15, -0.1) is 0 Å². The summed E-state index contributed by atoms with van der Waals surface area (Å²) in [5.74, 6) is -0.102. The first-order valence-electron chi connectivity index (χ1n) is 6.45. The maximum atomic E-state index is 12.1. The van der Waals surface area contributed by atoms with E-state index in [9.17, 15) is 4.79 Å². The summed E-state index contributed by atoms with van der Waals surface area (Å²) >= 11 is 5.92. The number of carbonyl (C=O) groups is 1. The topological polar surface area (TPSA) is 58.4 Å². The lowest BCUT2D eigenvalue weighted by molar-refractivity contribution is 0.0557. The molecule has 0 saturated heterocycles. The predicted octanol–water partition coefficient (Wildman–Crippen LogP) is 2.14. The van der Waals surface area contributed by atoms with E-state index >= 15 is 0 Å². The smallest absolute Gasteiger partial charge is 0.251 e. The van der Waals surface area contributed by atoms with Crippen molar-refractivity contribution >= 4 is 23.2 Å². The maximum Gasteiger partial charge on any atom is 0.251 e. The molecule has 0 bridgehead atoms. The van der Waals surface area contributed by atoms with Crippen molar-refractivity contribution in [2.45, 2.75) is 24.8 Å². The first-order chi connectivity index (χ1) is 8.94. The van der Waals surface area contributed by atoms with Crippen LogP contribution in [0.2, 0.25) is 5.02 Å². The predicted molar refractivity (Wildman–Crippen MR) is 78.5 cm³/mol. The first-order valence-corrected chi connectivity index (χ1v) is 6.83. The van der Waals surface area contributed by atoms with E-state index < -0.39 is 0 Å². The Labute approximate surface area is 118 Å². The molecule has 0 spiro atoms. The van der Waals surface area contributed by atoms with Crippen LogP contribution in [-0.4, -0.2) is 37.0 Å². The Morgan fingerprint density at radius 1 is 1.47 bits per heavy atom. The van der Waals surface area contributed by atoms with Gasteiger partial charge in [0, 0.05) is 17.6 Å². The highest BCUT2D eigenvalue weighted by atomic mass is 35.5. The molecular formula is C14H20ClN3O. The van der Waals surface area contributed by atoms with Crippen molar-refractivity contribution in [2.24, 2.45) is 0 Å². The van der Waals surface area contributed by atoms with E-state index in [0.717, 1.165) is 12.8 Å². The zero-order valence-corrected chi connectivity index (χ0v) is 12.1. The van der Waals surface area contributed by atoms with E-state index in [1.54, 1.807) is 18.2 Å². The number of hydrogen-bond acceptors (Lipinski definition) is 3. The quantitative estimate of drug-likeness (QED) is 0.832. The summed E-state index contributed by atoms with van der Waals surface area (Å²) in [6.07, 6.45) is 3.48. The molecule has 0 radical (unpaired) electrons. The molecule has 1 fully saturated rings. The standard InChI is InChI=1S/C14H20ClN3O/c1-18(2)14(6-3-7-14)9-17-13(19)10-4-5-12(16)11(15)8-10/h4-5,8H,3,6-7,9,16H2,1-2H3,(H,17,19). The van der Waals surface area contributed by atoms with Crippen molar-refractivity contribution < 1.29 is 4.79 Å². The SMILES string of the molecule is CN(C)C1(CNC(=O)c2ccc(N)c(Cl)c2)CCC1. The van der Waals surface area contributed by atoms with Crippen molar-refractivity contribution in [3.63, 3.8) is 0 Å². The van der Waals surface area contributed by atoms with E-state index in [2.05, 4.69) is 24.3 Å². The van der Waals surface area contributed by atoms with Crippen molar-refractivity contribution in [1.29, 1.82) is 0 Å². The number of nitrogen functional groups attached to an aromatic ring is 1. The summed E-state index contributed by atoms with van der Waals surface area (Å²) in [6.45, 7) is 0.667. The minimum atomic E-state index is -0.102. The Balaban J connectivity index is 1.99. The lowest BCUT2D eigenvalue weighted by atomic mass is 9.75. The van der Waals surface area contributed by atoms with Gasteiger partial charge in [0.25, 0.3) is 5.91 Å². The Kier molecular flexibility index (Phi) is 4.02. The third-order valence-electron chi connectivity index (χ3n) is 4.07. The molecule has 2 rings (SSSR count). The van der Waals surface area contributed by atoms with Crippen LogP contribution in [-0.2, 0) is 0 Å². The lowest BCUT2D eigenvalue weighted by Gasteiger charge is -2.47. The first kappa shape index (κ1) is 14.2. The minimum Gasteiger partial charge on any atom is -0.398 e. The Bertz CT molecular complexity index is 484. The second-order valence-electron chi connectivity index (χ2n) is 5.39. The van der Waals surface area contributed by atoms with E-state index in [4.69, 9.17) is 17.3 Å². The van der Waals surface area contributed by atoms with Crippen molar-refractivity contribution in [2.75, 3.05) is 26.4 Å². The van der Waals surface area contributed by atoms with Gasteiger partial charge >= 0.3 is 0 Å². The molecule has 5 heteroatoms. The highest BCUT2D eigenvalue weighted by Crippen LogP contribution is 2.35. The zero-order valence-electron chi connectivity index (χ0n) is 11.4. The fraction of sp³-hybridized carbons (Fsp3) is 0.500. The molecule has 0 aliphatic heterocycles. The number of nitrogens with two attached hydrogens (primary N) is 1. The van der Waals surface area contributed by atoms with Crippen LogP contribution in [0.25, 0.3) is 0 Å². The summed E-state index contributed by atoms with van der Waals surface area (Å²) in [5.41, 5.74) is 6.79. The van der Waals surface area contributed by atoms with Gasteiger partial charge < -0.3 is 16.0 Å². The molecule has 4 nitrogen and oxygen atoms in total. The molecule has 0 atom stereocenters. The molecule has 3 N–H and O–H groups in total. The Morgan fingerprint density at radius 3 is 2.63 bits per heavy atom. The van der Waals surface area contributed by atoms with Crippen LogP contribution in [0.3, 0.4) is 0 Å². The van der Waals surface area contributed by atoms with E-state index in [1.807, 2.05) is 0 Å². The van der Waals surface area contributed by atoms with Gasteiger partial charge in [-0.3, -0.25) is 4.79 Å². The zero-order chi connectivity index (χ0) is 14.0. The van der Waals surface area contributed by atoms with Crippen molar-refractivity contribution in [3.05, 3.63) is 28.8 Å². The number of amides is 1. The number of nitrogens with one attached hydrogen (secondary N) is 1. The fourth-order valence-electron chi connectivity index (χ4n) is 2.38. The molecule has 1 aliphatic rings. The third kappa shape index (κ3) is 2.85. The molecule has 0 aromatic heterocycles. The van der Waals surface area contributed by atoms with E-state index in [0.29, 0.717) is 22.8 Å². The Morgan fingerprint density at radius 2 is 2.16 bits per heavy atom. The number of carbonyl (C=O) groups excluding carboxylic acids is 1. The molecule has 104 valence electrons. The molecular weight excluding hydrogens is 262 g/mol. The number of nitrogens with zero attached hydrogens (tertiary/aromatic N) is 1. The normalized spacial score (nSPS) is 17.1. The molecule has 0 heterocycles. The average Bonchev–Trinajstić information content (AvgIpc) is 2.30. The molecule has 1 saturated carbocycles. The number of anilines is 1. The third-order valence-corrected chi connectivity index (χ3v) is 4.40. The van der Waals surface area contributed by atoms with E-state index in [1.165, 1.54) is 6.42 Å². The lowest BCUT2D eigenvalue weighted by Crippen LogP contribution is -2.57. The Hall–Kier alpha value is -1.26. The minimum absolute atomic E-state index is 0.102. The van der Waals surface area contributed by atoms with Gasteiger partial charge in [-0.05, 0) is 51.6 Å². The summed E-state index contributed by atoms with van der Waals surface area (Å²) in [6, 6.07) is 4.96. The van der Waals surface area contributed by atoms with Crippen LogP contribution in [0.15, 0.2) is 18.2 Å². The van der Waals surface area contributed by atoms with Crippen molar-refractivity contribution in [1.82, 2.24) is 10.2 Å². The van der Waals surface area contributed by atoms with Crippen LogP contribution < -0.4 is 11.1 Å². The number of likely N-dealkylation sites (N-methyl/N-ethyl adjacent to an activating group) is 1. The summed E-state index contributed by atoms with van der Waals surface area (Å²) < 4.78 is 0. The largest absolute Gasteiger partial charge is 0.398 e. The number of hydrogen-bond donors (Lipinski definition) is 2. The van der Waals surface area contributed by atoms with Gasteiger partial charge in [-0.1, -0.05) is 11.6 Å². The monoisotopic (exact) mass is 281 g/mol. The van der Waals surface area contributed by atoms with E-state index in [-0.39, 0.29) is 11.4 Å². The number of halogens is 1. The van der Waals surface area contributed by atoms with Crippen LogP contribution in [0, 0.1) is 0 Å². The second kappa shape index (κ2) is 5.39. The van der Waals surface area contributed by atoms with Crippen LogP contribution in [0.1, 0.15) is 29.6 Å². The van der Waals surface area contributed by atoms with Gasteiger partial charge in [0.05, 0.1) is 10.7 Å². The van der Waals surface area contributed by atoms with Gasteiger partial charge in [-0.25, -0.2) is 0 Å². The molecule has 1 aliphatic carbocycles. The molecule has 0 unspecified atom stereocenters. The number of benzene rings is 1. The maximum absolute atomic E-state index is 12.1. The fourth-order valence-corrected chi connectivity index (χ4v) is 2.56. The molecule has 1 amide bonds. The van der Waals surface area contributed by atoms with Crippen molar-refractivity contribution in [3.8, 4) is 0 Å². The average molecular weight is 282 g/mol.